The number of anilines is 1. The SMILES string of the molecule is N#Cc1cccc(NC(=O)c2cc(C(=O)NC3CCCCC3)ccn2)c1. The van der Waals surface area contributed by atoms with Gasteiger partial charge in [0.2, 0.25) is 0 Å². The highest BCUT2D eigenvalue weighted by Gasteiger charge is 2.18. The van der Waals surface area contributed by atoms with Gasteiger partial charge in [-0.2, -0.15) is 5.26 Å². The number of carbonyl (C=O) groups excluding carboxylic acids is 2. The maximum Gasteiger partial charge on any atom is 0.274 e. The van der Waals surface area contributed by atoms with E-state index in [1.54, 1.807) is 30.3 Å². The normalized spacial score (nSPS) is 14.3. The van der Waals surface area contributed by atoms with Crippen LogP contribution in [0.1, 0.15) is 58.5 Å². The first-order valence-electron chi connectivity index (χ1n) is 8.74. The van der Waals surface area contributed by atoms with Crippen LogP contribution in [0.4, 0.5) is 5.69 Å². The highest BCUT2D eigenvalue weighted by molar-refractivity contribution is 6.04. The predicted octanol–water partition coefficient (Wildman–Crippen LogP) is 3.27. The lowest BCUT2D eigenvalue weighted by Crippen LogP contribution is -2.36. The molecule has 1 aromatic carbocycles. The summed E-state index contributed by atoms with van der Waals surface area (Å²) in [5.74, 6) is -0.604. The monoisotopic (exact) mass is 348 g/mol. The Morgan fingerprint density at radius 2 is 1.88 bits per heavy atom. The second-order valence-corrected chi connectivity index (χ2v) is 6.38. The molecule has 26 heavy (non-hydrogen) atoms. The summed E-state index contributed by atoms with van der Waals surface area (Å²) >= 11 is 0. The standard InChI is InChI=1S/C20H20N4O2/c21-13-14-5-4-8-17(11-14)24-20(26)18-12-15(9-10-22-18)19(25)23-16-6-2-1-3-7-16/h4-5,8-12,16H,1-3,6-7H2,(H,23,25)(H,24,26). The van der Waals surface area contributed by atoms with Crippen LogP contribution in [0.25, 0.3) is 0 Å². The van der Waals surface area contributed by atoms with Crippen LogP contribution in [-0.2, 0) is 0 Å². The molecule has 0 unspecified atom stereocenters. The van der Waals surface area contributed by atoms with Gasteiger partial charge in [0.1, 0.15) is 5.69 Å². The van der Waals surface area contributed by atoms with E-state index in [4.69, 9.17) is 5.26 Å². The fourth-order valence-electron chi connectivity index (χ4n) is 3.07. The number of pyridine rings is 1. The number of nitrogens with one attached hydrogen (secondary N) is 2. The van der Waals surface area contributed by atoms with Gasteiger partial charge in [-0.1, -0.05) is 25.3 Å². The Morgan fingerprint density at radius 1 is 1.08 bits per heavy atom. The van der Waals surface area contributed by atoms with E-state index in [1.807, 2.05) is 6.07 Å². The van der Waals surface area contributed by atoms with E-state index in [0.717, 1.165) is 25.7 Å². The molecule has 0 bridgehead atoms. The number of hydrogen-bond acceptors (Lipinski definition) is 4. The number of benzene rings is 1. The molecule has 2 aromatic rings. The zero-order valence-electron chi connectivity index (χ0n) is 14.4. The maximum atomic E-state index is 12.4. The summed E-state index contributed by atoms with van der Waals surface area (Å²) in [7, 11) is 0. The number of nitriles is 1. The summed E-state index contributed by atoms with van der Waals surface area (Å²) in [6, 6.07) is 11.9. The van der Waals surface area contributed by atoms with Crippen molar-refractivity contribution in [3.63, 3.8) is 0 Å². The number of amides is 2. The third-order valence-electron chi connectivity index (χ3n) is 4.44. The minimum Gasteiger partial charge on any atom is -0.349 e. The molecule has 132 valence electrons. The third kappa shape index (κ3) is 4.45. The van der Waals surface area contributed by atoms with Crippen molar-refractivity contribution in [2.75, 3.05) is 5.32 Å². The van der Waals surface area contributed by atoms with Crippen LogP contribution in [0.3, 0.4) is 0 Å². The smallest absolute Gasteiger partial charge is 0.274 e. The van der Waals surface area contributed by atoms with Gasteiger partial charge in [0.05, 0.1) is 11.6 Å². The first kappa shape index (κ1) is 17.6. The van der Waals surface area contributed by atoms with Gasteiger partial charge >= 0.3 is 0 Å². The average molecular weight is 348 g/mol. The quantitative estimate of drug-likeness (QED) is 0.886. The van der Waals surface area contributed by atoms with Crippen molar-refractivity contribution in [1.29, 1.82) is 5.26 Å². The van der Waals surface area contributed by atoms with Crippen molar-refractivity contribution in [1.82, 2.24) is 10.3 Å². The van der Waals surface area contributed by atoms with E-state index < -0.39 is 5.91 Å². The Labute approximate surface area is 152 Å². The first-order valence-corrected chi connectivity index (χ1v) is 8.74. The van der Waals surface area contributed by atoms with Gasteiger partial charge in [-0.15, -0.1) is 0 Å². The Hall–Kier alpha value is -3.20. The molecule has 1 aliphatic rings. The summed E-state index contributed by atoms with van der Waals surface area (Å²) in [5, 5.41) is 14.7. The van der Waals surface area contributed by atoms with Crippen molar-refractivity contribution in [3.8, 4) is 6.07 Å². The molecule has 0 atom stereocenters. The second kappa shape index (κ2) is 8.26. The minimum absolute atomic E-state index is 0.156. The molecule has 1 fully saturated rings. The lowest BCUT2D eigenvalue weighted by atomic mass is 9.95. The van der Waals surface area contributed by atoms with E-state index in [0.29, 0.717) is 16.8 Å². The molecule has 1 aliphatic carbocycles. The second-order valence-electron chi connectivity index (χ2n) is 6.38. The van der Waals surface area contributed by atoms with Gasteiger partial charge in [-0.05, 0) is 43.2 Å². The number of aromatic nitrogens is 1. The van der Waals surface area contributed by atoms with Crippen molar-refractivity contribution in [3.05, 3.63) is 59.4 Å². The van der Waals surface area contributed by atoms with Crippen LogP contribution in [0, 0.1) is 11.3 Å². The summed E-state index contributed by atoms with van der Waals surface area (Å²) in [6.07, 6.45) is 6.95. The molecule has 2 amide bonds. The van der Waals surface area contributed by atoms with Crippen molar-refractivity contribution in [2.45, 2.75) is 38.1 Å². The van der Waals surface area contributed by atoms with E-state index in [2.05, 4.69) is 15.6 Å². The van der Waals surface area contributed by atoms with Crippen molar-refractivity contribution in [2.24, 2.45) is 0 Å². The molecular formula is C20H20N4O2. The molecule has 0 aliphatic heterocycles. The van der Waals surface area contributed by atoms with Gasteiger partial charge in [-0.3, -0.25) is 14.6 Å². The van der Waals surface area contributed by atoms with Gasteiger partial charge in [0.25, 0.3) is 11.8 Å². The van der Waals surface area contributed by atoms with Crippen molar-refractivity contribution >= 4 is 17.5 Å². The van der Waals surface area contributed by atoms with Crippen LogP contribution in [0.2, 0.25) is 0 Å². The van der Waals surface area contributed by atoms with Gasteiger partial charge in [-0.25, -0.2) is 0 Å². The highest BCUT2D eigenvalue weighted by atomic mass is 16.2. The van der Waals surface area contributed by atoms with Crippen LogP contribution >= 0.6 is 0 Å². The molecule has 6 heteroatoms. The van der Waals surface area contributed by atoms with E-state index >= 15 is 0 Å². The fraction of sp³-hybridized carbons (Fsp3) is 0.300. The zero-order valence-corrected chi connectivity index (χ0v) is 14.4. The Balaban J connectivity index is 1.68. The molecule has 0 radical (unpaired) electrons. The lowest BCUT2D eigenvalue weighted by molar-refractivity contribution is 0.0927. The number of hydrogen-bond donors (Lipinski definition) is 2. The molecule has 1 saturated carbocycles. The van der Waals surface area contributed by atoms with Crippen LogP contribution < -0.4 is 10.6 Å². The average Bonchev–Trinajstić information content (AvgIpc) is 2.69. The van der Waals surface area contributed by atoms with Gasteiger partial charge in [0, 0.05) is 23.5 Å². The van der Waals surface area contributed by atoms with Gasteiger partial charge < -0.3 is 10.6 Å². The Morgan fingerprint density at radius 3 is 2.65 bits per heavy atom. The van der Waals surface area contributed by atoms with Crippen LogP contribution in [0.15, 0.2) is 42.6 Å². The zero-order chi connectivity index (χ0) is 18.4. The first-order chi connectivity index (χ1) is 12.7. The number of carbonyl (C=O) groups is 2. The highest BCUT2D eigenvalue weighted by Crippen LogP contribution is 2.18. The van der Waals surface area contributed by atoms with E-state index in [9.17, 15) is 9.59 Å². The lowest BCUT2D eigenvalue weighted by Gasteiger charge is -2.22. The molecule has 1 aromatic heterocycles. The molecule has 6 nitrogen and oxygen atoms in total. The largest absolute Gasteiger partial charge is 0.349 e. The minimum atomic E-state index is -0.424. The Bertz CT molecular complexity index is 851. The van der Waals surface area contributed by atoms with Crippen LogP contribution in [0.5, 0.6) is 0 Å². The van der Waals surface area contributed by atoms with Gasteiger partial charge in [0.15, 0.2) is 0 Å². The Kier molecular flexibility index (Phi) is 5.59. The molecule has 2 N–H and O–H groups in total. The molecule has 0 spiro atoms. The summed E-state index contributed by atoms with van der Waals surface area (Å²) in [6.45, 7) is 0. The molecular weight excluding hydrogens is 328 g/mol. The number of rotatable bonds is 4. The number of nitrogens with zero attached hydrogens (tertiary/aromatic N) is 2. The topological polar surface area (TPSA) is 94.9 Å². The predicted molar refractivity (Wildman–Crippen MR) is 97.7 cm³/mol. The summed E-state index contributed by atoms with van der Waals surface area (Å²) in [4.78, 5) is 28.9. The molecule has 3 rings (SSSR count). The van der Waals surface area contributed by atoms with Crippen molar-refractivity contribution < 1.29 is 9.59 Å². The summed E-state index contributed by atoms with van der Waals surface area (Å²) in [5.41, 5.74) is 1.54. The van der Waals surface area contributed by atoms with E-state index in [-0.39, 0.29) is 17.6 Å². The maximum absolute atomic E-state index is 12.4. The van der Waals surface area contributed by atoms with E-state index in [1.165, 1.54) is 18.7 Å². The summed E-state index contributed by atoms with van der Waals surface area (Å²) < 4.78 is 0. The molecule has 1 heterocycles. The van der Waals surface area contributed by atoms with Crippen LogP contribution in [-0.4, -0.2) is 22.8 Å². The fourth-order valence-corrected chi connectivity index (χ4v) is 3.07. The molecule has 0 saturated heterocycles. The third-order valence-corrected chi connectivity index (χ3v) is 4.44.